The molecule has 6 aromatic rings. The first-order valence-electron chi connectivity index (χ1n) is 13.6. The highest BCUT2D eigenvalue weighted by Crippen LogP contribution is 2.35. The van der Waals surface area contributed by atoms with Crippen LogP contribution in [0.1, 0.15) is 24.4 Å². The number of benzene rings is 2. The molecule has 5 heterocycles. The molecule has 0 saturated carbocycles. The predicted octanol–water partition coefficient (Wildman–Crippen LogP) is 6.67. The lowest BCUT2D eigenvalue weighted by molar-refractivity contribution is 0.173. The van der Waals surface area contributed by atoms with Crippen LogP contribution in [0.5, 0.6) is 0 Å². The van der Waals surface area contributed by atoms with Crippen molar-refractivity contribution in [2.45, 2.75) is 25.4 Å². The Balaban J connectivity index is 1.05. The van der Waals surface area contributed by atoms with Gasteiger partial charge in [-0.25, -0.2) is 4.98 Å². The van der Waals surface area contributed by atoms with Crippen LogP contribution in [-0.4, -0.2) is 47.9 Å². The highest BCUT2D eigenvalue weighted by atomic mass is 32.1. The SMILES string of the molecule is Nc1nnc(-c2cnc(-c3ccc(CN4CCC(n5cc(-c6cscn6)cn5)CC4)cc3)c(-c3ccccc3)c2)s1. The molecule has 4 aromatic heterocycles. The van der Waals surface area contributed by atoms with Crippen molar-refractivity contribution in [1.82, 2.24) is 34.8 Å². The Hall–Kier alpha value is -4.25. The summed E-state index contributed by atoms with van der Waals surface area (Å²) in [5, 5.41) is 16.1. The second-order valence-corrected chi connectivity index (χ2v) is 11.9. The van der Waals surface area contributed by atoms with E-state index in [9.17, 15) is 0 Å². The lowest BCUT2D eigenvalue weighted by Crippen LogP contribution is -2.34. The largest absolute Gasteiger partial charge is 0.374 e. The molecule has 0 amide bonds. The fourth-order valence-electron chi connectivity index (χ4n) is 5.39. The summed E-state index contributed by atoms with van der Waals surface area (Å²) in [6, 6.07) is 21.7. The van der Waals surface area contributed by atoms with Crippen LogP contribution >= 0.6 is 22.7 Å². The van der Waals surface area contributed by atoms with Crippen molar-refractivity contribution in [2.75, 3.05) is 18.8 Å². The van der Waals surface area contributed by atoms with Crippen molar-refractivity contribution in [1.29, 1.82) is 0 Å². The van der Waals surface area contributed by atoms with Crippen molar-refractivity contribution in [3.8, 4) is 44.2 Å². The van der Waals surface area contributed by atoms with E-state index < -0.39 is 0 Å². The number of nitrogen functional groups attached to an aromatic ring is 1. The molecule has 41 heavy (non-hydrogen) atoms. The van der Waals surface area contributed by atoms with E-state index in [-0.39, 0.29) is 0 Å². The molecule has 0 spiro atoms. The summed E-state index contributed by atoms with van der Waals surface area (Å²) in [4.78, 5) is 11.8. The Morgan fingerprint density at radius 3 is 2.41 bits per heavy atom. The Bertz CT molecular complexity index is 1730. The summed E-state index contributed by atoms with van der Waals surface area (Å²) in [5.74, 6) is 0. The number of hydrogen-bond acceptors (Lipinski definition) is 9. The number of rotatable bonds is 7. The molecule has 0 aliphatic carbocycles. The molecule has 1 aliphatic heterocycles. The van der Waals surface area contributed by atoms with E-state index in [1.54, 1.807) is 11.3 Å². The molecule has 8 nitrogen and oxygen atoms in total. The lowest BCUT2D eigenvalue weighted by atomic mass is 9.97. The van der Waals surface area contributed by atoms with Gasteiger partial charge in [-0.15, -0.1) is 21.5 Å². The van der Waals surface area contributed by atoms with Crippen LogP contribution in [0.3, 0.4) is 0 Å². The molecule has 10 heteroatoms. The smallest absolute Gasteiger partial charge is 0.203 e. The molecule has 2 aromatic carbocycles. The number of piperidine rings is 1. The van der Waals surface area contributed by atoms with Gasteiger partial charge in [0, 0.05) is 59.7 Å². The number of nitrogens with zero attached hydrogens (tertiary/aromatic N) is 7. The van der Waals surface area contributed by atoms with Crippen LogP contribution in [0, 0.1) is 0 Å². The van der Waals surface area contributed by atoms with Gasteiger partial charge in [0.25, 0.3) is 0 Å². The Kier molecular flexibility index (Phi) is 7.10. The van der Waals surface area contributed by atoms with Crippen molar-refractivity contribution in [3.05, 3.63) is 95.7 Å². The normalized spacial score (nSPS) is 14.4. The minimum atomic E-state index is 0.433. The highest BCUT2D eigenvalue weighted by molar-refractivity contribution is 7.18. The summed E-state index contributed by atoms with van der Waals surface area (Å²) < 4.78 is 2.13. The molecule has 1 aliphatic rings. The maximum Gasteiger partial charge on any atom is 0.203 e. The fraction of sp³-hybridized carbons (Fsp3) is 0.194. The van der Waals surface area contributed by atoms with E-state index in [0.29, 0.717) is 11.2 Å². The van der Waals surface area contributed by atoms with Crippen LogP contribution in [0.2, 0.25) is 0 Å². The van der Waals surface area contributed by atoms with E-state index in [0.717, 1.165) is 76.7 Å². The van der Waals surface area contributed by atoms with E-state index in [4.69, 9.17) is 10.7 Å². The van der Waals surface area contributed by atoms with Gasteiger partial charge in [0.15, 0.2) is 5.01 Å². The minimum absolute atomic E-state index is 0.433. The topological polar surface area (TPSA) is 98.6 Å². The zero-order chi connectivity index (χ0) is 27.6. The molecule has 1 fully saturated rings. The molecule has 2 N–H and O–H groups in total. The first kappa shape index (κ1) is 25.7. The summed E-state index contributed by atoms with van der Waals surface area (Å²) in [7, 11) is 0. The Labute approximate surface area is 246 Å². The molecular weight excluding hydrogens is 549 g/mol. The van der Waals surface area contributed by atoms with Gasteiger partial charge in [0.2, 0.25) is 5.13 Å². The van der Waals surface area contributed by atoms with Gasteiger partial charge >= 0.3 is 0 Å². The zero-order valence-corrected chi connectivity index (χ0v) is 23.9. The van der Waals surface area contributed by atoms with Crippen molar-refractivity contribution < 1.29 is 0 Å². The molecule has 204 valence electrons. The molecule has 7 rings (SSSR count). The molecule has 0 unspecified atom stereocenters. The van der Waals surface area contributed by atoms with Gasteiger partial charge in [-0.3, -0.25) is 14.6 Å². The number of likely N-dealkylation sites (tertiary alicyclic amines) is 1. The van der Waals surface area contributed by atoms with Gasteiger partial charge < -0.3 is 5.73 Å². The van der Waals surface area contributed by atoms with Crippen molar-refractivity contribution >= 4 is 27.8 Å². The van der Waals surface area contributed by atoms with Gasteiger partial charge in [0.1, 0.15) is 0 Å². The summed E-state index contributed by atoms with van der Waals surface area (Å²) >= 11 is 2.98. The highest BCUT2D eigenvalue weighted by Gasteiger charge is 2.22. The van der Waals surface area contributed by atoms with E-state index >= 15 is 0 Å². The average molecular weight is 577 g/mol. The minimum Gasteiger partial charge on any atom is -0.374 e. The quantitative estimate of drug-likeness (QED) is 0.227. The van der Waals surface area contributed by atoms with Crippen LogP contribution < -0.4 is 5.73 Å². The summed E-state index contributed by atoms with van der Waals surface area (Å²) in [6.07, 6.45) is 8.11. The third kappa shape index (κ3) is 5.54. The second kappa shape index (κ2) is 11.3. The van der Waals surface area contributed by atoms with Crippen LogP contribution in [-0.2, 0) is 6.54 Å². The number of anilines is 1. The molecule has 1 saturated heterocycles. The Morgan fingerprint density at radius 2 is 1.68 bits per heavy atom. The maximum absolute atomic E-state index is 5.83. The van der Waals surface area contributed by atoms with Crippen LogP contribution in [0.25, 0.3) is 44.2 Å². The van der Waals surface area contributed by atoms with Crippen molar-refractivity contribution in [3.63, 3.8) is 0 Å². The first-order chi connectivity index (χ1) is 20.2. The van der Waals surface area contributed by atoms with Crippen LogP contribution in [0.15, 0.2) is 90.1 Å². The van der Waals surface area contributed by atoms with E-state index in [2.05, 4.69) is 83.9 Å². The molecule has 0 bridgehead atoms. The number of nitrogens with two attached hydrogens (primary N) is 1. The third-order valence-corrected chi connectivity index (χ3v) is 8.94. The summed E-state index contributed by atoms with van der Waals surface area (Å²) in [6.45, 7) is 3.04. The zero-order valence-electron chi connectivity index (χ0n) is 22.3. The maximum atomic E-state index is 5.83. The number of thiazole rings is 1. The predicted molar refractivity (Wildman–Crippen MR) is 165 cm³/mol. The Morgan fingerprint density at radius 1 is 0.854 bits per heavy atom. The average Bonchev–Trinajstić information content (AvgIpc) is 3.81. The fourth-order valence-corrected chi connectivity index (χ4v) is 6.55. The standard InChI is InChI=1S/C31H28N8S2/c32-31-37-36-30(41-31)24-14-27(22-4-2-1-3-5-22)29(33-15-24)23-8-6-21(7-9-23)17-38-12-10-26(11-13-38)39-18-25(16-35-39)28-19-40-20-34-28/h1-9,14-16,18-20,26H,10-13,17H2,(H2,32,37). The molecular formula is C31H28N8S2. The lowest BCUT2D eigenvalue weighted by Gasteiger charge is -2.32. The van der Waals surface area contributed by atoms with Crippen LogP contribution in [0.4, 0.5) is 5.13 Å². The summed E-state index contributed by atoms with van der Waals surface area (Å²) in [5.41, 5.74) is 16.2. The molecule has 0 atom stereocenters. The van der Waals surface area contributed by atoms with Crippen molar-refractivity contribution in [2.24, 2.45) is 0 Å². The number of hydrogen-bond donors (Lipinski definition) is 1. The monoisotopic (exact) mass is 576 g/mol. The van der Waals surface area contributed by atoms with E-state index in [1.165, 1.54) is 16.9 Å². The third-order valence-electron chi connectivity index (χ3n) is 7.55. The van der Waals surface area contributed by atoms with E-state index in [1.807, 2.05) is 36.1 Å². The van der Waals surface area contributed by atoms with Gasteiger partial charge in [0.05, 0.1) is 29.1 Å². The van der Waals surface area contributed by atoms with Gasteiger partial charge in [-0.1, -0.05) is 65.9 Å². The number of aromatic nitrogens is 6. The second-order valence-electron chi connectivity index (χ2n) is 10.2. The van der Waals surface area contributed by atoms with Gasteiger partial charge in [-0.05, 0) is 30.0 Å². The first-order valence-corrected chi connectivity index (χ1v) is 15.3. The van der Waals surface area contributed by atoms with Gasteiger partial charge in [-0.2, -0.15) is 5.10 Å². The number of pyridine rings is 1. The molecule has 0 radical (unpaired) electrons.